The van der Waals surface area contributed by atoms with E-state index in [2.05, 4.69) is 9.80 Å². The number of alkyl halides is 1. The Hall–Kier alpha value is -4.25. The summed E-state index contributed by atoms with van der Waals surface area (Å²) in [6.45, 7) is 10.0. The van der Waals surface area contributed by atoms with Gasteiger partial charge in [-0.15, -0.1) is 0 Å². The lowest BCUT2D eigenvalue weighted by atomic mass is 9.91. The lowest BCUT2D eigenvalue weighted by Gasteiger charge is -2.42. The molecule has 9 nitrogen and oxygen atoms in total. The van der Waals surface area contributed by atoms with Gasteiger partial charge in [-0.25, -0.2) is 13.6 Å². The molecule has 4 saturated heterocycles. The van der Waals surface area contributed by atoms with Crippen LogP contribution in [0, 0.1) is 5.82 Å². The Kier molecular flexibility index (Phi) is 8.04. The standard InChI is InChI=1S/C39H45F2N5O4/c1-5-23-16-31-34(33(41)32(23)30-17-28(47)15-24-9-6-7-10-29(24)30)42-36(49-22-39-13-8-14-45(39)19-25(40)18-39)43-35(31)44-20-26-11-12-27(21-44)46(26)37(48)50-38(2,3)4/h6-7,9-10,15-17,25-27,47H,5,8,11-14,18-22H2,1-4H3/t25-,26?,27?,39+/m1/s1. The number of anilines is 1. The average molecular weight is 686 g/mol. The van der Waals surface area contributed by atoms with Crippen molar-refractivity contribution in [3.8, 4) is 22.9 Å². The van der Waals surface area contributed by atoms with Crippen LogP contribution in [0.4, 0.5) is 19.4 Å². The molecule has 8 rings (SSSR count). The molecule has 1 aromatic heterocycles. The first-order chi connectivity index (χ1) is 23.9. The molecule has 2 unspecified atom stereocenters. The van der Waals surface area contributed by atoms with E-state index in [0.717, 1.165) is 48.6 Å². The van der Waals surface area contributed by atoms with Crippen LogP contribution in [0.3, 0.4) is 0 Å². The first-order valence-corrected chi connectivity index (χ1v) is 18.0. The van der Waals surface area contributed by atoms with Gasteiger partial charge in [-0.3, -0.25) is 9.80 Å². The third kappa shape index (κ3) is 5.67. The summed E-state index contributed by atoms with van der Waals surface area (Å²) < 4.78 is 44.1. The zero-order chi connectivity index (χ0) is 34.9. The lowest BCUT2D eigenvalue weighted by Crippen LogP contribution is -2.57. The van der Waals surface area contributed by atoms with E-state index < -0.39 is 23.1 Å². The summed E-state index contributed by atoms with van der Waals surface area (Å²) in [5.74, 6) is 0.0978. The summed E-state index contributed by atoms with van der Waals surface area (Å²) in [5, 5.41) is 12.9. The maximum Gasteiger partial charge on any atom is 0.410 e. The quantitative estimate of drug-likeness (QED) is 0.225. The highest BCUT2D eigenvalue weighted by Crippen LogP contribution is 2.44. The fourth-order valence-electron chi connectivity index (χ4n) is 8.96. The fraction of sp³-hybridized carbons (Fsp3) is 0.513. The minimum absolute atomic E-state index is 0.0489. The van der Waals surface area contributed by atoms with Crippen molar-refractivity contribution < 1.29 is 28.2 Å². The van der Waals surface area contributed by atoms with E-state index in [1.54, 1.807) is 12.1 Å². The van der Waals surface area contributed by atoms with Gasteiger partial charge in [0.05, 0.1) is 17.6 Å². The average Bonchev–Trinajstić information content (AvgIpc) is 3.69. The molecule has 264 valence electrons. The van der Waals surface area contributed by atoms with Gasteiger partial charge < -0.3 is 19.5 Å². The first kappa shape index (κ1) is 32.9. The van der Waals surface area contributed by atoms with Crippen LogP contribution < -0.4 is 9.64 Å². The van der Waals surface area contributed by atoms with Gasteiger partial charge in [0, 0.05) is 37.0 Å². The summed E-state index contributed by atoms with van der Waals surface area (Å²) in [6.07, 6.45) is 3.17. The molecule has 0 spiro atoms. The monoisotopic (exact) mass is 685 g/mol. The highest BCUT2D eigenvalue weighted by Gasteiger charge is 2.50. The van der Waals surface area contributed by atoms with Gasteiger partial charge in [-0.1, -0.05) is 31.2 Å². The summed E-state index contributed by atoms with van der Waals surface area (Å²) in [7, 11) is 0. The number of halogens is 2. The Morgan fingerprint density at radius 3 is 2.56 bits per heavy atom. The molecule has 5 heterocycles. The van der Waals surface area contributed by atoms with E-state index in [-0.39, 0.29) is 42.1 Å². The molecule has 4 aliphatic rings. The number of amides is 1. The second-order valence-electron chi connectivity index (χ2n) is 15.6. The smallest absolute Gasteiger partial charge is 0.410 e. The topological polar surface area (TPSA) is 91.3 Å². The molecule has 4 aromatic rings. The van der Waals surface area contributed by atoms with E-state index in [1.807, 2.05) is 62.9 Å². The summed E-state index contributed by atoms with van der Waals surface area (Å²) >= 11 is 0. The van der Waals surface area contributed by atoms with E-state index in [0.29, 0.717) is 54.8 Å². The number of aryl methyl sites for hydroxylation is 1. The third-order valence-corrected chi connectivity index (χ3v) is 11.1. The van der Waals surface area contributed by atoms with Gasteiger partial charge in [0.2, 0.25) is 0 Å². The second kappa shape index (κ2) is 12.2. The number of phenols is 1. The van der Waals surface area contributed by atoms with Crippen LogP contribution in [0.15, 0.2) is 42.5 Å². The number of rotatable bonds is 6. The molecule has 1 amide bonds. The summed E-state index contributed by atoms with van der Waals surface area (Å²) in [6, 6.07) is 12.8. The fourth-order valence-corrected chi connectivity index (χ4v) is 8.96. The highest BCUT2D eigenvalue weighted by atomic mass is 19.1. The first-order valence-electron chi connectivity index (χ1n) is 18.0. The van der Waals surface area contributed by atoms with Crippen molar-refractivity contribution in [1.82, 2.24) is 19.8 Å². The molecule has 0 saturated carbocycles. The molecule has 50 heavy (non-hydrogen) atoms. The number of carbonyl (C=O) groups excluding carboxylic acids is 1. The minimum atomic E-state index is -0.909. The van der Waals surface area contributed by atoms with Crippen LogP contribution in [0.1, 0.15) is 65.4 Å². The largest absolute Gasteiger partial charge is 0.508 e. The number of phenolic OH excluding ortho intramolecular Hbond substituents is 1. The lowest BCUT2D eigenvalue weighted by molar-refractivity contribution is 0.0122. The predicted molar refractivity (Wildman–Crippen MR) is 189 cm³/mol. The normalized spacial score (nSPS) is 25.1. The van der Waals surface area contributed by atoms with Gasteiger partial charge in [-0.05, 0) is 99.5 Å². The molecular weight excluding hydrogens is 640 g/mol. The number of fused-ring (bicyclic) bond motifs is 5. The Morgan fingerprint density at radius 1 is 1.06 bits per heavy atom. The maximum absolute atomic E-state index is 17.3. The van der Waals surface area contributed by atoms with Crippen molar-refractivity contribution in [2.45, 2.75) is 95.6 Å². The predicted octanol–water partition coefficient (Wildman–Crippen LogP) is 7.40. The van der Waals surface area contributed by atoms with Crippen LogP contribution in [-0.2, 0) is 11.2 Å². The molecule has 4 aliphatic heterocycles. The van der Waals surface area contributed by atoms with Gasteiger partial charge in [0.15, 0.2) is 5.82 Å². The van der Waals surface area contributed by atoms with Crippen molar-refractivity contribution in [3.63, 3.8) is 0 Å². The maximum atomic E-state index is 17.3. The number of piperazine rings is 1. The molecular formula is C39H45F2N5O4. The van der Waals surface area contributed by atoms with Crippen LogP contribution in [-0.4, -0.2) is 93.1 Å². The Labute approximate surface area is 291 Å². The number of nitrogens with zero attached hydrogens (tertiary/aromatic N) is 5. The molecule has 0 aliphatic carbocycles. The van der Waals surface area contributed by atoms with Crippen LogP contribution in [0.25, 0.3) is 32.8 Å². The van der Waals surface area contributed by atoms with Crippen molar-refractivity contribution in [2.75, 3.05) is 37.7 Å². The van der Waals surface area contributed by atoms with E-state index in [4.69, 9.17) is 19.4 Å². The van der Waals surface area contributed by atoms with Gasteiger partial charge >= 0.3 is 12.1 Å². The summed E-state index contributed by atoms with van der Waals surface area (Å²) in [4.78, 5) is 29.1. The number of hydrogen-bond acceptors (Lipinski definition) is 8. The van der Waals surface area contributed by atoms with Crippen molar-refractivity contribution in [1.29, 1.82) is 0 Å². The SMILES string of the molecule is CCc1cc2c(N3CC4CCC(C3)N4C(=O)OC(C)(C)C)nc(OC[C@@]34CCCN3C[C@H](F)C4)nc2c(F)c1-c1cc(O)cc2ccccc12. The van der Waals surface area contributed by atoms with Crippen LogP contribution >= 0.6 is 0 Å². The van der Waals surface area contributed by atoms with Crippen LogP contribution in [0.5, 0.6) is 11.8 Å². The molecule has 3 aromatic carbocycles. The number of ether oxygens (including phenoxy) is 2. The second-order valence-corrected chi connectivity index (χ2v) is 15.6. The summed E-state index contributed by atoms with van der Waals surface area (Å²) in [5.41, 5.74) is 0.831. The van der Waals surface area contributed by atoms with Crippen molar-refractivity contribution >= 4 is 33.6 Å². The minimum Gasteiger partial charge on any atom is -0.508 e. The molecule has 11 heteroatoms. The van der Waals surface area contributed by atoms with Crippen LogP contribution in [0.2, 0.25) is 0 Å². The van der Waals surface area contributed by atoms with E-state index in [9.17, 15) is 14.3 Å². The van der Waals surface area contributed by atoms with Crippen molar-refractivity contribution in [2.24, 2.45) is 0 Å². The van der Waals surface area contributed by atoms with Gasteiger partial charge in [0.1, 0.15) is 35.5 Å². The number of benzene rings is 3. The highest BCUT2D eigenvalue weighted by molar-refractivity contribution is 6.02. The zero-order valence-corrected chi connectivity index (χ0v) is 29.2. The van der Waals surface area contributed by atoms with E-state index >= 15 is 4.39 Å². The number of aromatic hydroxyl groups is 1. The number of aromatic nitrogens is 2. The molecule has 4 atom stereocenters. The Morgan fingerprint density at radius 2 is 1.82 bits per heavy atom. The zero-order valence-electron chi connectivity index (χ0n) is 29.2. The van der Waals surface area contributed by atoms with Crippen molar-refractivity contribution in [3.05, 3.63) is 53.8 Å². The molecule has 1 N–H and O–H groups in total. The van der Waals surface area contributed by atoms with Gasteiger partial charge in [-0.2, -0.15) is 9.97 Å². The third-order valence-electron chi connectivity index (χ3n) is 11.1. The Bertz CT molecular complexity index is 1970. The van der Waals surface area contributed by atoms with Gasteiger partial charge in [0.25, 0.3) is 0 Å². The molecule has 0 radical (unpaired) electrons. The number of carbonyl (C=O) groups is 1. The molecule has 4 fully saturated rings. The number of hydrogen-bond donors (Lipinski definition) is 1. The van der Waals surface area contributed by atoms with E-state index in [1.165, 1.54) is 0 Å². The molecule has 2 bridgehead atoms. The Balaban J connectivity index is 1.24.